The summed E-state index contributed by atoms with van der Waals surface area (Å²) < 4.78 is 7.89. The van der Waals surface area contributed by atoms with Gasteiger partial charge < -0.3 is 14.6 Å². The quantitative estimate of drug-likeness (QED) is 0.895. The van der Waals surface area contributed by atoms with Crippen LogP contribution < -0.4 is 10.9 Å². The largest absolute Gasteiger partial charge is 0.373 e. The fraction of sp³-hybridized carbons (Fsp3) is 0.294. The van der Waals surface area contributed by atoms with E-state index in [1.807, 2.05) is 18.2 Å². The van der Waals surface area contributed by atoms with Crippen LogP contribution in [0.25, 0.3) is 0 Å². The molecule has 2 aromatic rings. The molecule has 3 rings (SSSR count). The van der Waals surface area contributed by atoms with E-state index in [2.05, 4.69) is 27.3 Å². The standard InChI is InChI=1S/C17H17BrN2O3/c1-20-10-12(18)8-14(17(20)22)19-16(21)9-15-13-5-3-2-4-11(13)6-7-23-15/h2-5,8,10,15H,6-7,9H2,1H3,(H,19,21). The van der Waals surface area contributed by atoms with Crippen molar-refractivity contribution in [2.75, 3.05) is 11.9 Å². The van der Waals surface area contributed by atoms with Crippen LogP contribution in [0.4, 0.5) is 5.69 Å². The minimum Gasteiger partial charge on any atom is -0.373 e. The molecular formula is C17H17BrN2O3. The van der Waals surface area contributed by atoms with Crippen LogP contribution in [0.1, 0.15) is 23.7 Å². The number of nitrogens with zero attached hydrogens (tertiary/aromatic N) is 1. The van der Waals surface area contributed by atoms with E-state index in [-0.39, 0.29) is 29.7 Å². The predicted octanol–water partition coefficient (Wildman–Crippen LogP) is 2.79. The topological polar surface area (TPSA) is 60.3 Å². The Kier molecular flexibility index (Phi) is 4.63. The first-order valence-electron chi connectivity index (χ1n) is 7.40. The van der Waals surface area contributed by atoms with Crippen molar-refractivity contribution in [3.8, 4) is 0 Å². The molecule has 5 nitrogen and oxygen atoms in total. The van der Waals surface area contributed by atoms with E-state index in [1.165, 1.54) is 10.1 Å². The normalized spacial score (nSPS) is 16.7. The molecule has 0 aliphatic carbocycles. The van der Waals surface area contributed by atoms with Gasteiger partial charge in [-0.05, 0) is 39.5 Å². The van der Waals surface area contributed by atoms with Crippen LogP contribution in [-0.4, -0.2) is 17.1 Å². The highest BCUT2D eigenvalue weighted by molar-refractivity contribution is 9.10. The minimum atomic E-state index is -0.268. The van der Waals surface area contributed by atoms with Gasteiger partial charge >= 0.3 is 0 Å². The third-order valence-corrected chi connectivity index (χ3v) is 4.32. The van der Waals surface area contributed by atoms with Gasteiger partial charge in [-0.1, -0.05) is 24.3 Å². The average Bonchev–Trinajstić information content (AvgIpc) is 2.52. The number of aryl methyl sites for hydroxylation is 1. The number of benzene rings is 1. The van der Waals surface area contributed by atoms with E-state index in [0.717, 1.165) is 16.5 Å². The molecule has 2 heterocycles. The van der Waals surface area contributed by atoms with Gasteiger partial charge in [-0.2, -0.15) is 0 Å². The van der Waals surface area contributed by atoms with Crippen LogP contribution in [-0.2, 0) is 23.0 Å². The zero-order chi connectivity index (χ0) is 16.4. The van der Waals surface area contributed by atoms with Gasteiger partial charge in [0.2, 0.25) is 5.91 Å². The lowest BCUT2D eigenvalue weighted by atomic mass is 9.95. The summed E-state index contributed by atoms with van der Waals surface area (Å²) in [5.74, 6) is -0.234. The van der Waals surface area contributed by atoms with Crippen LogP contribution in [0.2, 0.25) is 0 Å². The molecule has 1 aliphatic heterocycles. The number of carbonyl (C=O) groups excluding carboxylic acids is 1. The maximum absolute atomic E-state index is 12.3. The molecule has 0 radical (unpaired) electrons. The molecule has 1 unspecified atom stereocenters. The van der Waals surface area contributed by atoms with Crippen molar-refractivity contribution in [1.29, 1.82) is 0 Å². The van der Waals surface area contributed by atoms with E-state index >= 15 is 0 Å². The first-order chi connectivity index (χ1) is 11.0. The summed E-state index contributed by atoms with van der Waals surface area (Å²) in [4.78, 5) is 24.4. The fourth-order valence-corrected chi connectivity index (χ4v) is 3.31. The van der Waals surface area contributed by atoms with Gasteiger partial charge in [-0.15, -0.1) is 0 Å². The van der Waals surface area contributed by atoms with Crippen LogP contribution >= 0.6 is 15.9 Å². The molecule has 1 N–H and O–H groups in total. The Bertz CT molecular complexity index is 801. The second-order valence-corrected chi connectivity index (χ2v) is 6.46. The van der Waals surface area contributed by atoms with Crippen molar-refractivity contribution in [3.63, 3.8) is 0 Å². The summed E-state index contributed by atoms with van der Waals surface area (Å²) in [6.45, 7) is 0.605. The van der Waals surface area contributed by atoms with Crippen LogP contribution in [0.5, 0.6) is 0 Å². The molecule has 6 heteroatoms. The number of ether oxygens (including phenoxy) is 1. The molecular weight excluding hydrogens is 360 g/mol. The van der Waals surface area contributed by atoms with Gasteiger partial charge in [-0.3, -0.25) is 9.59 Å². The summed E-state index contributed by atoms with van der Waals surface area (Å²) in [7, 11) is 1.64. The van der Waals surface area contributed by atoms with Gasteiger partial charge in [0, 0.05) is 17.7 Å². The van der Waals surface area contributed by atoms with Gasteiger partial charge in [0.15, 0.2) is 0 Å². The number of amides is 1. The van der Waals surface area contributed by atoms with E-state index in [0.29, 0.717) is 6.61 Å². The van der Waals surface area contributed by atoms with Crippen LogP contribution in [0, 0.1) is 0 Å². The number of pyridine rings is 1. The van der Waals surface area contributed by atoms with E-state index < -0.39 is 0 Å². The third kappa shape index (κ3) is 3.54. The monoisotopic (exact) mass is 376 g/mol. The zero-order valence-corrected chi connectivity index (χ0v) is 14.3. The molecule has 1 amide bonds. The number of hydrogen-bond acceptors (Lipinski definition) is 3. The Balaban J connectivity index is 1.75. The SMILES string of the molecule is Cn1cc(Br)cc(NC(=O)CC2OCCc3ccccc32)c1=O. The summed E-state index contributed by atoms with van der Waals surface area (Å²) in [6.07, 6.45) is 2.43. The molecule has 0 bridgehead atoms. The Hall–Kier alpha value is -1.92. The number of anilines is 1. The predicted molar refractivity (Wildman–Crippen MR) is 91.5 cm³/mol. The molecule has 0 spiro atoms. The van der Waals surface area contributed by atoms with Crippen molar-refractivity contribution in [2.45, 2.75) is 18.9 Å². The fourth-order valence-electron chi connectivity index (χ4n) is 2.78. The van der Waals surface area contributed by atoms with Crippen molar-refractivity contribution < 1.29 is 9.53 Å². The van der Waals surface area contributed by atoms with Crippen molar-refractivity contribution in [1.82, 2.24) is 4.57 Å². The van der Waals surface area contributed by atoms with Crippen LogP contribution in [0.3, 0.4) is 0 Å². The lowest BCUT2D eigenvalue weighted by Gasteiger charge is -2.25. The Morgan fingerprint density at radius 1 is 1.43 bits per heavy atom. The van der Waals surface area contributed by atoms with Crippen molar-refractivity contribution in [2.24, 2.45) is 7.05 Å². The van der Waals surface area contributed by atoms with Gasteiger partial charge in [0.1, 0.15) is 5.69 Å². The van der Waals surface area contributed by atoms with E-state index in [4.69, 9.17) is 4.74 Å². The molecule has 1 aromatic heterocycles. The number of carbonyl (C=O) groups is 1. The second kappa shape index (κ2) is 6.68. The Morgan fingerprint density at radius 3 is 3.04 bits per heavy atom. The van der Waals surface area contributed by atoms with E-state index in [1.54, 1.807) is 19.3 Å². The Morgan fingerprint density at radius 2 is 2.22 bits per heavy atom. The summed E-state index contributed by atoms with van der Waals surface area (Å²) in [5.41, 5.74) is 2.29. The zero-order valence-electron chi connectivity index (χ0n) is 12.7. The van der Waals surface area contributed by atoms with E-state index in [9.17, 15) is 9.59 Å². The highest BCUT2D eigenvalue weighted by atomic mass is 79.9. The number of hydrogen-bond donors (Lipinski definition) is 1. The first kappa shape index (κ1) is 16.0. The highest BCUT2D eigenvalue weighted by Gasteiger charge is 2.23. The lowest BCUT2D eigenvalue weighted by Crippen LogP contribution is -2.26. The third-order valence-electron chi connectivity index (χ3n) is 3.89. The smallest absolute Gasteiger partial charge is 0.274 e. The molecule has 23 heavy (non-hydrogen) atoms. The highest BCUT2D eigenvalue weighted by Crippen LogP contribution is 2.29. The summed E-state index contributed by atoms with van der Waals surface area (Å²) in [5, 5.41) is 2.69. The molecule has 1 aliphatic rings. The maximum atomic E-state index is 12.3. The van der Waals surface area contributed by atoms with Crippen molar-refractivity contribution >= 4 is 27.5 Å². The average molecular weight is 377 g/mol. The number of nitrogens with one attached hydrogen (secondary N) is 1. The summed E-state index contributed by atoms with van der Waals surface area (Å²) >= 11 is 3.32. The van der Waals surface area contributed by atoms with Gasteiger partial charge in [0.05, 0.1) is 19.1 Å². The second-order valence-electron chi connectivity index (χ2n) is 5.55. The molecule has 0 saturated heterocycles. The molecule has 120 valence electrons. The molecule has 1 aromatic carbocycles. The number of aromatic nitrogens is 1. The molecule has 0 saturated carbocycles. The first-order valence-corrected chi connectivity index (χ1v) is 8.19. The molecule has 1 atom stereocenters. The number of rotatable bonds is 3. The minimum absolute atomic E-state index is 0.187. The van der Waals surface area contributed by atoms with Gasteiger partial charge in [0.25, 0.3) is 5.56 Å². The number of halogens is 1. The molecule has 0 fully saturated rings. The maximum Gasteiger partial charge on any atom is 0.274 e. The Labute approximate surface area is 142 Å². The lowest BCUT2D eigenvalue weighted by molar-refractivity contribution is -0.119. The summed E-state index contributed by atoms with van der Waals surface area (Å²) in [6, 6.07) is 9.60. The van der Waals surface area contributed by atoms with Crippen molar-refractivity contribution in [3.05, 3.63) is 62.5 Å². The number of fused-ring (bicyclic) bond motifs is 1. The van der Waals surface area contributed by atoms with Crippen LogP contribution in [0.15, 0.2) is 45.8 Å². The van der Waals surface area contributed by atoms with Gasteiger partial charge in [-0.25, -0.2) is 0 Å².